The van der Waals surface area contributed by atoms with Crippen LogP contribution in [0.25, 0.3) is 0 Å². The maximum Gasteiger partial charge on any atom is 0.154 e. The van der Waals surface area contributed by atoms with E-state index in [2.05, 4.69) is 23.7 Å². The zero-order valence-corrected chi connectivity index (χ0v) is 13.2. The van der Waals surface area contributed by atoms with Crippen LogP contribution >= 0.6 is 11.3 Å². The van der Waals surface area contributed by atoms with Crippen LogP contribution in [0.2, 0.25) is 0 Å². The first-order valence-corrected chi connectivity index (χ1v) is 9.06. The Labute approximate surface area is 115 Å². The standard InChI is InChI=1S/C13H23NO2S2/c1-5-7-14-12(9-11-6-8-17-10-11)13(2,3)18(4,15)16/h6,8,10,12,14H,5,7,9H2,1-4H3. The van der Waals surface area contributed by atoms with Crippen molar-refractivity contribution in [2.24, 2.45) is 0 Å². The second-order valence-electron chi connectivity index (χ2n) is 5.22. The van der Waals surface area contributed by atoms with Crippen LogP contribution in [-0.4, -0.2) is 32.0 Å². The number of nitrogens with one attached hydrogen (secondary N) is 1. The number of thiophene rings is 1. The van der Waals surface area contributed by atoms with Crippen LogP contribution in [0.4, 0.5) is 0 Å². The molecule has 1 atom stereocenters. The van der Waals surface area contributed by atoms with Crippen molar-refractivity contribution in [2.45, 2.75) is 44.4 Å². The lowest BCUT2D eigenvalue weighted by atomic mass is 9.96. The molecule has 1 rings (SSSR count). The van der Waals surface area contributed by atoms with E-state index >= 15 is 0 Å². The molecule has 0 amide bonds. The number of hydrogen-bond donors (Lipinski definition) is 1. The maximum atomic E-state index is 11.9. The zero-order chi connectivity index (χ0) is 13.8. The number of hydrogen-bond acceptors (Lipinski definition) is 4. The molecule has 0 aliphatic heterocycles. The van der Waals surface area contributed by atoms with Crippen LogP contribution in [-0.2, 0) is 16.3 Å². The van der Waals surface area contributed by atoms with Gasteiger partial charge in [0, 0.05) is 12.3 Å². The summed E-state index contributed by atoms with van der Waals surface area (Å²) in [4.78, 5) is 0. The fourth-order valence-corrected chi connectivity index (χ4v) is 3.15. The van der Waals surface area contributed by atoms with Gasteiger partial charge in [0.25, 0.3) is 0 Å². The van der Waals surface area contributed by atoms with Crippen molar-refractivity contribution < 1.29 is 8.42 Å². The number of sulfone groups is 1. The van der Waals surface area contributed by atoms with Gasteiger partial charge < -0.3 is 5.32 Å². The zero-order valence-electron chi connectivity index (χ0n) is 11.6. The third-order valence-corrected chi connectivity index (χ3v) is 6.38. The lowest BCUT2D eigenvalue weighted by Crippen LogP contribution is -2.52. The summed E-state index contributed by atoms with van der Waals surface area (Å²) in [5.41, 5.74) is 1.20. The first-order chi connectivity index (χ1) is 8.29. The van der Waals surface area contributed by atoms with Crippen molar-refractivity contribution in [2.75, 3.05) is 12.8 Å². The largest absolute Gasteiger partial charge is 0.312 e. The van der Waals surface area contributed by atoms with Crippen LogP contribution in [0.3, 0.4) is 0 Å². The summed E-state index contributed by atoms with van der Waals surface area (Å²) in [5, 5.41) is 7.49. The van der Waals surface area contributed by atoms with Gasteiger partial charge >= 0.3 is 0 Å². The molecule has 1 unspecified atom stereocenters. The van der Waals surface area contributed by atoms with E-state index in [0.29, 0.717) is 0 Å². The molecule has 5 heteroatoms. The molecule has 1 aromatic heterocycles. The van der Waals surface area contributed by atoms with Gasteiger partial charge in [0.2, 0.25) is 0 Å². The number of rotatable bonds is 7. The van der Waals surface area contributed by atoms with Crippen molar-refractivity contribution in [1.29, 1.82) is 0 Å². The molecule has 0 fully saturated rings. The molecule has 0 aliphatic carbocycles. The normalized spacial score (nSPS) is 14.7. The minimum absolute atomic E-state index is 0.0537. The first kappa shape index (κ1) is 15.7. The van der Waals surface area contributed by atoms with Crippen molar-refractivity contribution >= 4 is 21.2 Å². The van der Waals surface area contributed by atoms with Crippen molar-refractivity contribution in [3.63, 3.8) is 0 Å². The van der Waals surface area contributed by atoms with Crippen molar-refractivity contribution in [1.82, 2.24) is 5.32 Å². The minimum atomic E-state index is -3.09. The summed E-state index contributed by atoms with van der Waals surface area (Å²) < 4.78 is 23.1. The smallest absolute Gasteiger partial charge is 0.154 e. The highest BCUT2D eigenvalue weighted by atomic mass is 32.2. The molecule has 0 aromatic carbocycles. The molecule has 0 aliphatic rings. The van der Waals surface area contributed by atoms with Crippen LogP contribution in [0.5, 0.6) is 0 Å². The Morgan fingerprint density at radius 2 is 2.11 bits per heavy atom. The van der Waals surface area contributed by atoms with Crippen LogP contribution in [0, 0.1) is 0 Å². The molecule has 0 spiro atoms. The summed E-state index contributed by atoms with van der Waals surface area (Å²) in [6, 6.07) is 2.01. The maximum absolute atomic E-state index is 11.9. The fourth-order valence-electron chi connectivity index (χ4n) is 1.79. The van der Waals surface area contributed by atoms with Gasteiger partial charge in [-0.05, 0) is 55.6 Å². The topological polar surface area (TPSA) is 46.2 Å². The summed E-state index contributed by atoms with van der Waals surface area (Å²) in [7, 11) is -3.09. The second kappa shape index (κ2) is 6.17. The molecule has 1 N–H and O–H groups in total. The van der Waals surface area contributed by atoms with Gasteiger partial charge in [-0.2, -0.15) is 11.3 Å². The second-order valence-corrected chi connectivity index (χ2v) is 8.59. The van der Waals surface area contributed by atoms with Gasteiger partial charge in [-0.3, -0.25) is 0 Å². The summed E-state index contributed by atoms with van der Waals surface area (Å²) in [6.45, 7) is 6.54. The Hall–Kier alpha value is -0.390. The highest BCUT2D eigenvalue weighted by Gasteiger charge is 2.38. The quantitative estimate of drug-likeness (QED) is 0.839. The third kappa shape index (κ3) is 3.80. The predicted octanol–water partition coefficient (Wildman–Crippen LogP) is 2.48. The monoisotopic (exact) mass is 289 g/mol. The van der Waals surface area contributed by atoms with Gasteiger partial charge in [0.1, 0.15) is 0 Å². The highest BCUT2D eigenvalue weighted by molar-refractivity contribution is 7.92. The van der Waals surface area contributed by atoms with Gasteiger partial charge in [-0.25, -0.2) is 8.42 Å². The first-order valence-electron chi connectivity index (χ1n) is 6.23. The highest BCUT2D eigenvalue weighted by Crippen LogP contribution is 2.24. The van der Waals surface area contributed by atoms with E-state index in [1.165, 1.54) is 11.8 Å². The predicted molar refractivity (Wildman–Crippen MR) is 79.0 cm³/mol. The minimum Gasteiger partial charge on any atom is -0.312 e. The fraction of sp³-hybridized carbons (Fsp3) is 0.692. The van der Waals surface area contributed by atoms with E-state index in [-0.39, 0.29) is 6.04 Å². The molecular weight excluding hydrogens is 266 g/mol. The Bertz CT molecular complexity index is 449. The van der Waals surface area contributed by atoms with Crippen LogP contribution < -0.4 is 5.32 Å². The lowest BCUT2D eigenvalue weighted by molar-refractivity contribution is 0.406. The van der Waals surface area contributed by atoms with Crippen LogP contribution in [0.1, 0.15) is 32.8 Å². The lowest BCUT2D eigenvalue weighted by Gasteiger charge is -2.33. The van der Waals surface area contributed by atoms with E-state index in [9.17, 15) is 8.42 Å². The molecule has 18 heavy (non-hydrogen) atoms. The Kier molecular flexibility index (Phi) is 5.37. The molecule has 1 heterocycles. The van der Waals surface area contributed by atoms with E-state index in [4.69, 9.17) is 0 Å². The molecule has 0 saturated carbocycles. The van der Waals surface area contributed by atoms with Crippen molar-refractivity contribution in [3.8, 4) is 0 Å². The average molecular weight is 289 g/mol. The van der Waals surface area contributed by atoms with E-state index < -0.39 is 14.6 Å². The van der Waals surface area contributed by atoms with Crippen molar-refractivity contribution in [3.05, 3.63) is 22.4 Å². The van der Waals surface area contributed by atoms with Gasteiger partial charge in [0.15, 0.2) is 9.84 Å². The average Bonchev–Trinajstić information content (AvgIpc) is 2.75. The SMILES string of the molecule is CCCNC(Cc1ccsc1)C(C)(C)S(C)(=O)=O. The summed E-state index contributed by atoms with van der Waals surface area (Å²) >= 11 is 1.65. The molecule has 0 saturated heterocycles. The Balaban J connectivity index is 2.90. The molecular formula is C13H23NO2S2. The third-order valence-electron chi connectivity index (χ3n) is 3.46. The molecule has 1 aromatic rings. The van der Waals surface area contributed by atoms with E-state index in [0.717, 1.165) is 19.4 Å². The Morgan fingerprint density at radius 1 is 1.44 bits per heavy atom. The van der Waals surface area contributed by atoms with E-state index in [1.807, 2.05) is 19.2 Å². The molecule has 104 valence electrons. The van der Waals surface area contributed by atoms with E-state index in [1.54, 1.807) is 11.3 Å². The van der Waals surface area contributed by atoms with Gasteiger partial charge in [-0.15, -0.1) is 0 Å². The summed E-state index contributed by atoms with van der Waals surface area (Å²) in [5.74, 6) is 0. The van der Waals surface area contributed by atoms with Gasteiger partial charge in [-0.1, -0.05) is 6.92 Å². The molecule has 3 nitrogen and oxygen atoms in total. The van der Waals surface area contributed by atoms with Gasteiger partial charge in [0.05, 0.1) is 4.75 Å². The van der Waals surface area contributed by atoms with Crippen LogP contribution in [0.15, 0.2) is 16.8 Å². The Morgan fingerprint density at radius 3 is 2.56 bits per heavy atom. The molecule has 0 bridgehead atoms. The molecule has 0 radical (unpaired) electrons. The summed E-state index contributed by atoms with van der Waals surface area (Å²) in [6.07, 6.45) is 3.07.